The Morgan fingerprint density at radius 3 is 2.47 bits per heavy atom. The first-order valence-electron chi connectivity index (χ1n) is 19.0. The molecule has 3 fully saturated rings. The molecule has 0 bridgehead atoms. The van der Waals surface area contributed by atoms with E-state index < -0.39 is 11.9 Å². The van der Waals surface area contributed by atoms with E-state index in [1.54, 1.807) is 22.6 Å². The lowest BCUT2D eigenvalue weighted by atomic mass is 10.0. The Kier molecular flexibility index (Phi) is 10.0. The largest absolute Gasteiger partial charge is 0.370 e. The van der Waals surface area contributed by atoms with E-state index >= 15 is 0 Å². The highest BCUT2D eigenvalue weighted by Crippen LogP contribution is 2.34. The number of nitrogens with zero attached hydrogens (tertiary/aromatic N) is 7. The van der Waals surface area contributed by atoms with Crippen molar-refractivity contribution in [2.45, 2.75) is 96.4 Å². The molecule has 1 atom stereocenters. The molecule has 3 aromatic heterocycles. The van der Waals surface area contributed by atoms with Crippen molar-refractivity contribution in [3.8, 4) is 0 Å². The topological polar surface area (TPSA) is 163 Å². The standard InChI is InChI=1S/C40H44BrN9O5/c1-22-30-19-43-40(46-36(30)50(27-6-4-5-7-27)39(55)35(22)23(2)51)44-33-10-8-28(18-42-33)48-14-12-26(13-15-48)47(3)20-25-16-24-21-49(38(54)29(24)17-31(25)41)32-9-11-34(52)45-37(32)53/h8,10,16-19,26-27,32H,4-7,9,11-15,20-21H2,1-3H3,(H,45,52,53)(H,42,43,44,46). The number of halogens is 1. The molecule has 1 unspecified atom stereocenters. The van der Waals surface area contributed by atoms with Crippen LogP contribution in [0.4, 0.5) is 17.5 Å². The van der Waals surface area contributed by atoms with E-state index in [4.69, 9.17) is 4.98 Å². The first-order valence-corrected chi connectivity index (χ1v) is 19.8. The van der Waals surface area contributed by atoms with Gasteiger partial charge in [-0.25, -0.2) is 9.97 Å². The Hall–Kier alpha value is -5.02. The first kappa shape index (κ1) is 36.9. The smallest absolute Gasteiger partial charge is 0.263 e. The van der Waals surface area contributed by atoms with E-state index in [0.717, 1.165) is 72.9 Å². The van der Waals surface area contributed by atoms with Gasteiger partial charge in [0.25, 0.3) is 11.5 Å². The van der Waals surface area contributed by atoms with Crippen molar-refractivity contribution in [1.29, 1.82) is 0 Å². The molecule has 8 rings (SSSR count). The molecule has 4 aromatic rings. The zero-order valence-corrected chi connectivity index (χ0v) is 32.8. The molecule has 1 aromatic carbocycles. The Labute approximate surface area is 326 Å². The van der Waals surface area contributed by atoms with Gasteiger partial charge in [0.2, 0.25) is 17.8 Å². The molecule has 0 radical (unpaired) electrons. The number of aryl methyl sites for hydroxylation is 1. The van der Waals surface area contributed by atoms with Crippen LogP contribution >= 0.6 is 15.9 Å². The number of Topliss-reactive ketones (excluding diaryl/α,β-unsaturated/α-hetero) is 1. The number of rotatable bonds is 9. The van der Waals surface area contributed by atoms with Crippen LogP contribution in [-0.4, -0.2) is 85.0 Å². The number of imide groups is 1. The molecule has 0 spiro atoms. The zero-order valence-electron chi connectivity index (χ0n) is 31.2. The molecule has 2 N–H and O–H groups in total. The van der Waals surface area contributed by atoms with Crippen LogP contribution in [0, 0.1) is 6.92 Å². The molecule has 1 saturated carbocycles. The van der Waals surface area contributed by atoms with Crippen molar-refractivity contribution in [1.82, 2.24) is 34.6 Å². The Bertz CT molecular complexity index is 2280. The van der Waals surface area contributed by atoms with Gasteiger partial charge in [-0.05, 0) is 87.9 Å². The van der Waals surface area contributed by atoms with E-state index in [1.165, 1.54) is 6.92 Å². The normalized spacial score (nSPS) is 19.4. The van der Waals surface area contributed by atoms with E-state index in [1.807, 2.05) is 24.4 Å². The monoisotopic (exact) mass is 809 g/mol. The summed E-state index contributed by atoms with van der Waals surface area (Å²) in [5, 5.41) is 6.28. The van der Waals surface area contributed by atoms with Crippen LogP contribution < -0.4 is 21.1 Å². The second-order valence-corrected chi connectivity index (χ2v) is 16.1. The molecule has 286 valence electrons. The van der Waals surface area contributed by atoms with Crippen LogP contribution in [0.3, 0.4) is 0 Å². The van der Waals surface area contributed by atoms with Gasteiger partial charge in [-0.2, -0.15) is 4.98 Å². The third-order valence-corrected chi connectivity index (χ3v) is 12.5. The van der Waals surface area contributed by atoms with Crippen molar-refractivity contribution >= 4 is 67.9 Å². The molecule has 4 aliphatic rings. The number of nitrogens with one attached hydrogen (secondary N) is 2. The average Bonchev–Trinajstić information content (AvgIpc) is 3.80. The van der Waals surface area contributed by atoms with Crippen LogP contribution in [0.15, 0.2) is 45.9 Å². The zero-order chi connectivity index (χ0) is 38.5. The van der Waals surface area contributed by atoms with Crippen molar-refractivity contribution in [3.05, 3.63) is 79.3 Å². The van der Waals surface area contributed by atoms with Crippen molar-refractivity contribution in [2.75, 3.05) is 30.4 Å². The molecule has 14 nitrogen and oxygen atoms in total. The predicted octanol–water partition coefficient (Wildman–Crippen LogP) is 5.18. The van der Waals surface area contributed by atoms with Crippen molar-refractivity contribution < 1.29 is 19.2 Å². The molecular formula is C40H44BrN9O5. The fraction of sp³-hybridized carbons (Fsp3) is 0.450. The van der Waals surface area contributed by atoms with Crippen LogP contribution in [-0.2, 0) is 22.7 Å². The fourth-order valence-electron chi connectivity index (χ4n) is 8.79. The van der Waals surface area contributed by atoms with E-state index in [2.05, 4.69) is 59.4 Å². The van der Waals surface area contributed by atoms with Gasteiger partial charge in [-0.1, -0.05) is 34.8 Å². The number of aromatic nitrogens is 4. The first-order chi connectivity index (χ1) is 26.5. The number of carbonyl (C=O) groups excluding carboxylic acids is 4. The third-order valence-electron chi connectivity index (χ3n) is 11.8. The third kappa shape index (κ3) is 7.03. The predicted molar refractivity (Wildman–Crippen MR) is 210 cm³/mol. The molecule has 15 heteroatoms. The molecule has 55 heavy (non-hydrogen) atoms. The number of benzene rings is 1. The summed E-state index contributed by atoms with van der Waals surface area (Å²) in [6.07, 6.45) is 9.89. The maximum Gasteiger partial charge on any atom is 0.263 e. The van der Waals surface area contributed by atoms with Crippen molar-refractivity contribution in [3.63, 3.8) is 0 Å². The lowest BCUT2D eigenvalue weighted by Gasteiger charge is -2.38. The summed E-state index contributed by atoms with van der Waals surface area (Å²) in [7, 11) is 2.13. The maximum absolute atomic E-state index is 13.6. The van der Waals surface area contributed by atoms with Gasteiger partial charge in [0.1, 0.15) is 17.5 Å². The van der Waals surface area contributed by atoms with Gasteiger partial charge in [-0.15, -0.1) is 0 Å². The van der Waals surface area contributed by atoms with Gasteiger partial charge in [-0.3, -0.25) is 38.8 Å². The number of pyridine rings is 2. The van der Waals surface area contributed by atoms with Crippen LogP contribution in [0.25, 0.3) is 11.0 Å². The summed E-state index contributed by atoms with van der Waals surface area (Å²) < 4.78 is 2.57. The highest BCUT2D eigenvalue weighted by atomic mass is 79.9. The number of hydrogen-bond donors (Lipinski definition) is 2. The van der Waals surface area contributed by atoms with E-state index in [-0.39, 0.29) is 41.2 Å². The summed E-state index contributed by atoms with van der Waals surface area (Å²) in [5.41, 5.74) is 4.69. The van der Waals surface area contributed by atoms with Gasteiger partial charge >= 0.3 is 0 Å². The van der Waals surface area contributed by atoms with Crippen LogP contribution in [0.2, 0.25) is 0 Å². The number of hydrogen-bond acceptors (Lipinski definition) is 11. The number of anilines is 3. The highest BCUT2D eigenvalue weighted by molar-refractivity contribution is 9.10. The average molecular weight is 811 g/mol. The molecule has 6 heterocycles. The second kappa shape index (κ2) is 14.9. The molecule has 3 aliphatic heterocycles. The maximum atomic E-state index is 13.6. The van der Waals surface area contributed by atoms with E-state index in [0.29, 0.717) is 59.5 Å². The minimum Gasteiger partial charge on any atom is -0.370 e. The van der Waals surface area contributed by atoms with Crippen molar-refractivity contribution in [2.24, 2.45) is 0 Å². The number of fused-ring (bicyclic) bond motifs is 2. The summed E-state index contributed by atoms with van der Waals surface area (Å²) in [5.74, 6) is -0.196. The number of carbonyl (C=O) groups is 4. The number of ketones is 1. The molecule has 1 aliphatic carbocycles. The molecule has 2 saturated heterocycles. The second-order valence-electron chi connectivity index (χ2n) is 15.3. The Balaban J connectivity index is 0.896. The Morgan fingerprint density at radius 2 is 1.78 bits per heavy atom. The summed E-state index contributed by atoms with van der Waals surface area (Å²) >= 11 is 3.70. The van der Waals surface area contributed by atoms with Crippen LogP contribution in [0.5, 0.6) is 0 Å². The number of piperidine rings is 2. The highest BCUT2D eigenvalue weighted by Gasteiger charge is 2.39. The van der Waals surface area contributed by atoms with Gasteiger partial charge in [0, 0.05) is 66.3 Å². The van der Waals surface area contributed by atoms with Crippen LogP contribution in [0.1, 0.15) is 102 Å². The molecular weight excluding hydrogens is 766 g/mol. The summed E-state index contributed by atoms with van der Waals surface area (Å²) in [4.78, 5) is 83.7. The summed E-state index contributed by atoms with van der Waals surface area (Å²) in [6, 6.07) is 7.63. The quantitative estimate of drug-likeness (QED) is 0.169. The number of amides is 3. The van der Waals surface area contributed by atoms with Gasteiger partial charge < -0.3 is 15.1 Å². The van der Waals surface area contributed by atoms with Gasteiger partial charge in [0.15, 0.2) is 5.78 Å². The van der Waals surface area contributed by atoms with E-state index in [9.17, 15) is 24.0 Å². The molecule has 3 amide bonds. The lowest BCUT2D eigenvalue weighted by molar-refractivity contribution is -0.136. The lowest BCUT2D eigenvalue weighted by Crippen LogP contribution is -2.52. The SMILES string of the molecule is CC(=O)c1c(C)c2cnc(Nc3ccc(N4CCC(N(C)Cc5cc6c(cc5Br)C(=O)N(C5CCC(=O)NC5=O)C6)CC4)cn3)nc2n(C2CCCC2)c1=O. The minimum atomic E-state index is -0.634. The van der Waals surface area contributed by atoms with Gasteiger partial charge in [0.05, 0.1) is 17.4 Å². The fourth-order valence-corrected chi connectivity index (χ4v) is 9.26. The summed E-state index contributed by atoms with van der Waals surface area (Å²) in [6.45, 7) is 6.03. The Morgan fingerprint density at radius 1 is 1.02 bits per heavy atom. The minimum absolute atomic E-state index is 0.00516.